The van der Waals surface area contributed by atoms with Gasteiger partial charge in [-0.3, -0.25) is 0 Å². The Bertz CT molecular complexity index is 628. The number of nitrogens with zero attached hydrogens (tertiary/aromatic N) is 4. The fourth-order valence-corrected chi connectivity index (χ4v) is 1.97. The van der Waals surface area contributed by atoms with E-state index in [2.05, 4.69) is 41.2 Å². The number of hydrogen-bond donors (Lipinski definition) is 0. The number of anilines is 1. The summed E-state index contributed by atoms with van der Waals surface area (Å²) < 4.78 is 0. The summed E-state index contributed by atoms with van der Waals surface area (Å²) >= 11 is 0. The molecule has 4 heteroatoms. The highest BCUT2D eigenvalue weighted by Gasteiger charge is 2.07. The third-order valence-electron chi connectivity index (χ3n) is 2.83. The van der Waals surface area contributed by atoms with Crippen LogP contribution in [0.2, 0.25) is 0 Å². The molecule has 0 fully saturated rings. The highest BCUT2D eigenvalue weighted by atomic mass is 15.2. The molecule has 4 nitrogen and oxygen atoms in total. The first-order valence-electron chi connectivity index (χ1n) is 6.11. The molecule has 0 aliphatic carbocycles. The highest BCUT2D eigenvalue weighted by molar-refractivity contribution is 5.43. The zero-order valence-electron chi connectivity index (χ0n) is 11.4. The van der Waals surface area contributed by atoms with Crippen LogP contribution in [0.3, 0.4) is 0 Å². The Kier molecular flexibility index (Phi) is 3.76. The summed E-state index contributed by atoms with van der Waals surface area (Å²) in [5.41, 5.74) is 2.86. The first-order valence-corrected chi connectivity index (χ1v) is 6.11. The summed E-state index contributed by atoms with van der Waals surface area (Å²) in [6.07, 6.45) is 0. The van der Waals surface area contributed by atoms with Crippen molar-refractivity contribution >= 4 is 5.82 Å². The second-order valence-electron chi connectivity index (χ2n) is 4.62. The fourth-order valence-electron chi connectivity index (χ4n) is 1.97. The molecule has 19 heavy (non-hydrogen) atoms. The van der Waals surface area contributed by atoms with Crippen LogP contribution >= 0.6 is 0 Å². The number of benzene rings is 1. The van der Waals surface area contributed by atoms with Crippen molar-refractivity contribution in [1.29, 1.82) is 5.26 Å². The molecule has 0 aliphatic rings. The molecule has 0 saturated carbocycles. The lowest BCUT2D eigenvalue weighted by Crippen LogP contribution is -2.18. The quantitative estimate of drug-likeness (QED) is 0.842. The van der Waals surface area contributed by atoms with Gasteiger partial charge in [0, 0.05) is 19.7 Å². The van der Waals surface area contributed by atoms with Crippen LogP contribution in [0.15, 0.2) is 30.3 Å². The maximum atomic E-state index is 8.94. The van der Waals surface area contributed by atoms with E-state index in [0.717, 1.165) is 12.4 Å². The highest BCUT2D eigenvalue weighted by Crippen LogP contribution is 2.14. The Morgan fingerprint density at radius 1 is 1.21 bits per heavy atom. The Morgan fingerprint density at radius 3 is 2.68 bits per heavy atom. The van der Waals surface area contributed by atoms with Crippen LogP contribution in [-0.4, -0.2) is 17.0 Å². The van der Waals surface area contributed by atoms with Gasteiger partial charge in [-0.2, -0.15) is 5.26 Å². The van der Waals surface area contributed by atoms with Crippen molar-refractivity contribution in [3.63, 3.8) is 0 Å². The Hall–Kier alpha value is -2.41. The minimum Gasteiger partial charge on any atom is -0.355 e. The van der Waals surface area contributed by atoms with Gasteiger partial charge in [-0.1, -0.05) is 29.8 Å². The monoisotopic (exact) mass is 252 g/mol. The average molecular weight is 252 g/mol. The van der Waals surface area contributed by atoms with Crippen molar-refractivity contribution in [3.05, 3.63) is 53.0 Å². The molecule has 0 amide bonds. The van der Waals surface area contributed by atoms with Crippen LogP contribution in [0, 0.1) is 25.2 Å². The minimum absolute atomic E-state index is 0.401. The fraction of sp³-hybridized carbons (Fsp3) is 0.267. The van der Waals surface area contributed by atoms with E-state index in [1.165, 1.54) is 11.1 Å². The van der Waals surface area contributed by atoms with Crippen molar-refractivity contribution < 1.29 is 0 Å². The van der Waals surface area contributed by atoms with E-state index in [0.29, 0.717) is 11.5 Å². The molecule has 1 aromatic heterocycles. The van der Waals surface area contributed by atoms with Gasteiger partial charge in [-0.15, -0.1) is 0 Å². The van der Waals surface area contributed by atoms with Gasteiger partial charge < -0.3 is 4.90 Å². The second kappa shape index (κ2) is 5.49. The topological polar surface area (TPSA) is 52.8 Å². The summed E-state index contributed by atoms with van der Waals surface area (Å²) in [6, 6.07) is 12.1. The molecule has 0 radical (unpaired) electrons. The van der Waals surface area contributed by atoms with Crippen LogP contribution in [0.1, 0.15) is 22.6 Å². The lowest BCUT2D eigenvalue weighted by atomic mass is 10.1. The van der Waals surface area contributed by atoms with Gasteiger partial charge in [0.1, 0.15) is 23.4 Å². The normalized spacial score (nSPS) is 10.0. The first-order chi connectivity index (χ1) is 9.08. The van der Waals surface area contributed by atoms with Gasteiger partial charge >= 0.3 is 0 Å². The third kappa shape index (κ3) is 3.29. The van der Waals surface area contributed by atoms with Crippen LogP contribution in [0.5, 0.6) is 0 Å². The van der Waals surface area contributed by atoms with Crippen molar-refractivity contribution in [2.75, 3.05) is 11.9 Å². The first kappa shape index (κ1) is 13.0. The Morgan fingerprint density at radius 2 is 2.00 bits per heavy atom. The molecule has 0 aliphatic heterocycles. The standard InChI is InChI=1S/C15H16N4/c1-11-5-4-6-13(7-11)10-19(3)15-8-14(9-16)17-12(2)18-15/h4-8H,10H2,1-3H3. The Labute approximate surface area is 113 Å². The molecule has 0 saturated heterocycles. The number of rotatable bonds is 3. The van der Waals surface area contributed by atoms with Crippen LogP contribution in [-0.2, 0) is 6.54 Å². The molecule has 0 unspecified atom stereocenters. The zero-order valence-corrected chi connectivity index (χ0v) is 11.4. The van der Waals surface area contributed by atoms with E-state index >= 15 is 0 Å². The smallest absolute Gasteiger partial charge is 0.146 e. The SMILES string of the molecule is Cc1cccc(CN(C)c2cc(C#N)nc(C)n2)c1. The van der Waals surface area contributed by atoms with E-state index in [4.69, 9.17) is 5.26 Å². The van der Waals surface area contributed by atoms with Crippen LogP contribution < -0.4 is 4.90 Å². The van der Waals surface area contributed by atoms with E-state index in [-0.39, 0.29) is 0 Å². The Balaban J connectivity index is 2.23. The van der Waals surface area contributed by atoms with Crippen LogP contribution in [0.25, 0.3) is 0 Å². The third-order valence-corrected chi connectivity index (χ3v) is 2.83. The molecule has 0 N–H and O–H groups in total. The number of hydrogen-bond acceptors (Lipinski definition) is 4. The molecule has 96 valence electrons. The molecular weight excluding hydrogens is 236 g/mol. The largest absolute Gasteiger partial charge is 0.355 e. The predicted molar refractivity (Wildman–Crippen MR) is 74.8 cm³/mol. The van der Waals surface area contributed by atoms with Gasteiger partial charge in [0.05, 0.1) is 0 Å². The van der Waals surface area contributed by atoms with Crippen molar-refractivity contribution in [2.45, 2.75) is 20.4 Å². The molecule has 0 atom stereocenters. The minimum atomic E-state index is 0.401. The molecule has 0 spiro atoms. The average Bonchev–Trinajstić information content (AvgIpc) is 2.38. The second-order valence-corrected chi connectivity index (χ2v) is 4.62. The van der Waals surface area contributed by atoms with Gasteiger partial charge in [-0.25, -0.2) is 9.97 Å². The lowest BCUT2D eigenvalue weighted by molar-refractivity contribution is 0.875. The molecule has 2 aromatic rings. The zero-order chi connectivity index (χ0) is 13.8. The van der Waals surface area contributed by atoms with Crippen molar-refractivity contribution in [2.24, 2.45) is 0 Å². The molecule has 2 rings (SSSR count). The number of aryl methyl sites for hydroxylation is 2. The summed E-state index contributed by atoms with van der Waals surface area (Å²) in [5, 5.41) is 8.94. The van der Waals surface area contributed by atoms with E-state index < -0.39 is 0 Å². The summed E-state index contributed by atoms with van der Waals surface area (Å²) in [6.45, 7) is 4.62. The van der Waals surface area contributed by atoms with E-state index in [1.807, 2.05) is 18.0 Å². The lowest BCUT2D eigenvalue weighted by Gasteiger charge is -2.18. The van der Waals surface area contributed by atoms with E-state index in [9.17, 15) is 0 Å². The van der Waals surface area contributed by atoms with E-state index in [1.54, 1.807) is 13.0 Å². The number of aromatic nitrogens is 2. The molecule has 1 aromatic carbocycles. The van der Waals surface area contributed by atoms with Gasteiger partial charge in [0.25, 0.3) is 0 Å². The molecule has 1 heterocycles. The summed E-state index contributed by atoms with van der Waals surface area (Å²) in [4.78, 5) is 10.4. The van der Waals surface area contributed by atoms with Crippen molar-refractivity contribution in [3.8, 4) is 6.07 Å². The maximum absolute atomic E-state index is 8.94. The van der Waals surface area contributed by atoms with Gasteiger partial charge in [0.15, 0.2) is 0 Å². The maximum Gasteiger partial charge on any atom is 0.146 e. The predicted octanol–water partition coefficient (Wildman–Crippen LogP) is 2.60. The number of nitriles is 1. The summed E-state index contributed by atoms with van der Waals surface area (Å²) in [5.74, 6) is 1.38. The molecule has 0 bridgehead atoms. The molecular formula is C15H16N4. The summed E-state index contributed by atoms with van der Waals surface area (Å²) in [7, 11) is 1.96. The van der Waals surface area contributed by atoms with Crippen molar-refractivity contribution in [1.82, 2.24) is 9.97 Å². The van der Waals surface area contributed by atoms with Gasteiger partial charge in [-0.05, 0) is 19.4 Å². The van der Waals surface area contributed by atoms with Crippen LogP contribution in [0.4, 0.5) is 5.82 Å². The van der Waals surface area contributed by atoms with Gasteiger partial charge in [0.2, 0.25) is 0 Å².